The molecule has 1 unspecified atom stereocenters. The number of ether oxygens (including phenoxy) is 2. The van der Waals surface area contributed by atoms with E-state index in [1.165, 1.54) is 0 Å². The van der Waals surface area contributed by atoms with Gasteiger partial charge in [0, 0.05) is 37.8 Å². The van der Waals surface area contributed by atoms with E-state index >= 15 is 0 Å². The number of rotatable bonds is 7. The predicted octanol–water partition coefficient (Wildman–Crippen LogP) is 2.42. The zero-order valence-electron chi connectivity index (χ0n) is 18.0. The highest BCUT2D eigenvalue weighted by atomic mass is 16.5. The zero-order chi connectivity index (χ0) is 21.7. The van der Waals surface area contributed by atoms with Crippen molar-refractivity contribution in [1.29, 1.82) is 0 Å². The molecule has 1 aromatic carbocycles. The molecule has 2 fully saturated rings. The lowest BCUT2D eigenvalue weighted by atomic mass is 9.96. The second kappa shape index (κ2) is 9.82. The van der Waals surface area contributed by atoms with E-state index in [0.29, 0.717) is 51.3 Å². The van der Waals surface area contributed by atoms with Crippen LogP contribution in [0.3, 0.4) is 0 Å². The molecule has 2 aliphatic rings. The van der Waals surface area contributed by atoms with Crippen LogP contribution in [0.2, 0.25) is 0 Å². The summed E-state index contributed by atoms with van der Waals surface area (Å²) in [5.41, 5.74) is 1.51. The van der Waals surface area contributed by atoms with Crippen molar-refractivity contribution in [3.63, 3.8) is 0 Å². The fourth-order valence-electron chi connectivity index (χ4n) is 4.07. The number of likely N-dealkylation sites (tertiary alicyclic amines) is 1. The van der Waals surface area contributed by atoms with Gasteiger partial charge >= 0.3 is 5.97 Å². The van der Waals surface area contributed by atoms with Crippen molar-refractivity contribution in [3.05, 3.63) is 18.2 Å². The molecule has 0 aromatic heterocycles. The van der Waals surface area contributed by atoms with Crippen molar-refractivity contribution in [2.75, 3.05) is 43.6 Å². The number of hydrogen-bond donors (Lipinski definition) is 1. The molecular weight excluding hydrogens is 386 g/mol. The number of carbonyl (C=O) groups is 3. The Hall–Kier alpha value is -2.77. The fourth-order valence-corrected chi connectivity index (χ4v) is 4.07. The molecule has 0 spiro atoms. The van der Waals surface area contributed by atoms with Crippen LogP contribution in [0.1, 0.15) is 39.5 Å². The number of benzene rings is 1. The number of nitrogens with one attached hydrogen (secondary N) is 1. The van der Waals surface area contributed by atoms with Crippen LogP contribution in [0.15, 0.2) is 18.2 Å². The van der Waals surface area contributed by atoms with Gasteiger partial charge in [-0.15, -0.1) is 0 Å². The van der Waals surface area contributed by atoms with Crippen molar-refractivity contribution in [2.24, 2.45) is 5.92 Å². The summed E-state index contributed by atoms with van der Waals surface area (Å²) in [7, 11) is 1.57. The fraction of sp³-hybridized carbons (Fsp3) is 0.591. The molecule has 3 rings (SSSR count). The lowest BCUT2D eigenvalue weighted by molar-refractivity contribution is -0.151. The summed E-state index contributed by atoms with van der Waals surface area (Å²) in [4.78, 5) is 40.3. The second-order valence-electron chi connectivity index (χ2n) is 7.75. The number of hydrogen-bond acceptors (Lipinski definition) is 6. The summed E-state index contributed by atoms with van der Waals surface area (Å²) in [5.74, 6) is 0.408. The van der Waals surface area contributed by atoms with E-state index in [1.54, 1.807) is 23.8 Å². The van der Waals surface area contributed by atoms with Gasteiger partial charge in [-0.3, -0.25) is 14.4 Å². The molecule has 8 heteroatoms. The number of piperidine rings is 1. The minimum Gasteiger partial charge on any atom is -0.494 e. The summed E-state index contributed by atoms with van der Waals surface area (Å²) in [6.07, 6.45) is 2.66. The standard InChI is InChI=1S/C22H31N3O5/c1-4-30-22(28)16-9-12-24(13-10-16)21(27)15(2)23-17-7-8-18(19(14-17)29-3)25-11-5-6-20(25)26/h7-8,14-16,23H,4-6,9-13H2,1-3H3. The number of esters is 1. The number of methoxy groups -OCH3 is 1. The maximum Gasteiger partial charge on any atom is 0.309 e. The Morgan fingerprint density at radius 3 is 2.57 bits per heavy atom. The molecule has 2 aliphatic heterocycles. The summed E-state index contributed by atoms with van der Waals surface area (Å²) >= 11 is 0. The van der Waals surface area contributed by atoms with E-state index in [9.17, 15) is 14.4 Å². The summed E-state index contributed by atoms with van der Waals surface area (Å²) in [6.45, 7) is 5.80. The van der Waals surface area contributed by atoms with Crippen LogP contribution in [0.25, 0.3) is 0 Å². The van der Waals surface area contributed by atoms with Gasteiger partial charge in [0.1, 0.15) is 11.8 Å². The van der Waals surface area contributed by atoms with Gasteiger partial charge < -0.3 is 24.6 Å². The van der Waals surface area contributed by atoms with E-state index < -0.39 is 6.04 Å². The van der Waals surface area contributed by atoms with Gasteiger partial charge in [0.15, 0.2) is 0 Å². The molecule has 2 heterocycles. The third-order valence-corrected chi connectivity index (χ3v) is 5.72. The van der Waals surface area contributed by atoms with Crippen LogP contribution in [-0.4, -0.2) is 62.1 Å². The molecule has 1 aromatic rings. The Morgan fingerprint density at radius 2 is 1.97 bits per heavy atom. The van der Waals surface area contributed by atoms with Crippen molar-refractivity contribution in [2.45, 2.75) is 45.6 Å². The molecule has 0 bridgehead atoms. The molecule has 2 saturated heterocycles. The van der Waals surface area contributed by atoms with Crippen LogP contribution < -0.4 is 15.0 Å². The molecule has 0 aliphatic carbocycles. The maximum absolute atomic E-state index is 12.8. The molecular formula is C22H31N3O5. The first-order valence-corrected chi connectivity index (χ1v) is 10.6. The van der Waals surface area contributed by atoms with Crippen LogP contribution >= 0.6 is 0 Å². The predicted molar refractivity (Wildman–Crippen MR) is 114 cm³/mol. The highest BCUT2D eigenvalue weighted by Crippen LogP contribution is 2.34. The molecule has 8 nitrogen and oxygen atoms in total. The van der Waals surface area contributed by atoms with Gasteiger partial charge in [-0.2, -0.15) is 0 Å². The van der Waals surface area contributed by atoms with Crippen LogP contribution in [-0.2, 0) is 19.1 Å². The topological polar surface area (TPSA) is 88.2 Å². The highest BCUT2D eigenvalue weighted by Gasteiger charge is 2.30. The monoisotopic (exact) mass is 417 g/mol. The van der Waals surface area contributed by atoms with E-state index in [-0.39, 0.29) is 23.7 Å². The Balaban J connectivity index is 1.59. The van der Waals surface area contributed by atoms with Gasteiger partial charge in [0.2, 0.25) is 11.8 Å². The average molecular weight is 418 g/mol. The maximum atomic E-state index is 12.8. The van der Waals surface area contributed by atoms with Gasteiger partial charge in [0.05, 0.1) is 25.3 Å². The third kappa shape index (κ3) is 4.86. The van der Waals surface area contributed by atoms with Crippen molar-refractivity contribution in [3.8, 4) is 5.75 Å². The first-order chi connectivity index (χ1) is 14.4. The lowest BCUT2D eigenvalue weighted by Crippen LogP contribution is -2.46. The molecule has 164 valence electrons. The summed E-state index contributed by atoms with van der Waals surface area (Å²) in [6, 6.07) is 5.11. The lowest BCUT2D eigenvalue weighted by Gasteiger charge is -2.33. The molecule has 2 amide bonds. The largest absolute Gasteiger partial charge is 0.494 e. The van der Waals surface area contributed by atoms with Crippen molar-refractivity contribution in [1.82, 2.24) is 4.90 Å². The van der Waals surface area contributed by atoms with Crippen LogP contribution in [0.5, 0.6) is 5.75 Å². The van der Waals surface area contributed by atoms with E-state index in [2.05, 4.69) is 5.32 Å². The number of nitrogens with zero attached hydrogens (tertiary/aromatic N) is 2. The first-order valence-electron chi connectivity index (χ1n) is 10.6. The molecule has 0 saturated carbocycles. The highest BCUT2D eigenvalue weighted by molar-refractivity contribution is 5.97. The molecule has 1 atom stereocenters. The summed E-state index contributed by atoms with van der Waals surface area (Å²) in [5, 5.41) is 3.23. The van der Waals surface area contributed by atoms with Gasteiger partial charge in [0.25, 0.3) is 0 Å². The number of anilines is 2. The Bertz CT molecular complexity index is 789. The van der Waals surface area contributed by atoms with E-state index in [0.717, 1.165) is 17.8 Å². The molecule has 1 N–H and O–H groups in total. The Kier molecular flexibility index (Phi) is 7.18. The van der Waals surface area contributed by atoms with Crippen LogP contribution in [0, 0.1) is 5.92 Å². The van der Waals surface area contributed by atoms with E-state index in [1.807, 2.05) is 25.1 Å². The van der Waals surface area contributed by atoms with Crippen molar-refractivity contribution >= 4 is 29.2 Å². The molecule has 0 radical (unpaired) electrons. The number of carbonyl (C=O) groups excluding carboxylic acids is 3. The van der Waals surface area contributed by atoms with Crippen molar-refractivity contribution < 1.29 is 23.9 Å². The SMILES string of the molecule is CCOC(=O)C1CCN(C(=O)C(C)Nc2ccc(N3CCCC3=O)c(OC)c2)CC1. The minimum absolute atomic E-state index is 0.00456. The van der Waals surface area contributed by atoms with Gasteiger partial charge in [-0.25, -0.2) is 0 Å². The second-order valence-corrected chi connectivity index (χ2v) is 7.75. The third-order valence-electron chi connectivity index (χ3n) is 5.72. The molecule has 30 heavy (non-hydrogen) atoms. The van der Waals surface area contributed by atoms with Crippen LogP contribution in [0.4, 0.5) is 11.4 Å². The minimum atomic E-state index is -0.423. The van der Waals surface area contributed by atoms with E-state index in [4.69, 9.17) is 9.47 Å². The van der Waals surface area contributed by atoms with Gasteiger partial charge in [-0.05, 0) is 45.2 Å². The quantitative estimate of drug-likeness (QED) is 0.686. The zero-order valence-corrected chi connectivity index (χ0v) is 18.0. The smallest absolute Gasteiger partial charge is 0.309 e. The summed E-state index contributed by atoms with van der Waals surface area (Å²) < 4.78 is 10.6. The number of amides is 2. The normalized spacial score (nSPS) is 18.3. The Labute approximate surface area is 177 Å². The Morgan fingerprint density at radius 1 is 1.23 bits per heavy atom. The average Bonchev–Trinajstić information content (AvgIpc) is 3.19. The first kappa shape index (κ1) is 21.9. The van der Waals surface area contributed by atoms with Gasteiger partial charge in [-0.1, -0.05) is 0 Å².